The Morgan fingerprint density at radius 2 is 2.50 bits per heavy atom. The van der Waals surface area contributed by atoms with Crippen LogP contribution in [0.1, 0.15) is 16.7 Å². The number of aliphatic hydroxyl groups is 1. The summed E-state index contributed by atoms with van der Waals surface area (Å²) in [7, 11) is 0. The number of carbonyl (C=O) groups excluding carboxylic acids is 1. The van der Waals surface area contributed by atoms with Crippen LogP contribution in [0.4, 0.5) is 0 Å². The van der Waals surface area contributed by atoms with Crippen LogP contribution in [0.25, 0.3) is 0 Å². The predicted molar refractivity (Wildman–Crippen MR) is 45.7 cm³/mol. The van der Waals surface area contributed by atoms with Crippen molar-refractivity contribution in [1.29, 1.82) is 0 Å². The van der Waals surface area contributed by atoms with Crippen molar-refractivity contribution in [2.24, 2.45) is 0 Å². The molecule has 0 bridgehead atoms. The number of nitrogens with one attached hydrogen (secondary N) is 1. The molecule has 0 aliphatic carbocycles. The quantitative estimate of drug-likeness (QED) is 0.682. The van der Waals surface area contributed by atoms with Crippen molar-refractivity contribution in [3.05, 3.63) is 22.4 Å². The van der Waals surface area contributed by atoms with E-state index in [1.807, 2.05) is 0 Å². The molecular weight excluding hydrogens is 224 g/mol. The molecule has 1 aromatic rings. The number of hydrogen-bond donors (Lipinski definition) is 2. The number of fused-ring (bicyclic) bond motifs is 1. The molecule has 0 saturated carbocycles. The minimum absolute atomic E-state index is 0.147. The van der Waals surface area contributed by atoms with E-state index in [9.17, 15) is 9.90 Å². The number of aromatic nitrogens is 1. The second-order valence-corrected chi connectivity index (χ2v) is 3.56. The van der Waals surface area contributed by atoms with Gasteiger partial charge in [0, 0.05) is 10.7 Å². The fourth-order valence-corrected chi connectivity index (χ4v) is 1.68. The maximum atomic E-state index is 11.2. The van der Waals surface area contributed by atoms with Crippen LogP contribution in [0.15, 0.2) is 16.7 Å². The molecule has 1 atom stereocenters. The second-order valence-electron chi connectivity index (χ2n) is 2.64. The predicted octanol–water partition coefficient (Wildman–Crippen LogP) is 0.485. The molecule has 5 heteroatoms. The van der Waals surface area contributed by atoms with Gasteiger partial charge in [0.15, 0.2) is 0 Å². The molecule has 1 aliphatic heterocycles. The molecule has 1 aromatic heterocycles. The van der Waals surface area contributed by atoms with Gasteiger partial charge in [-0.3, -0.25) is 4.79 Å². The fraction of sp³-hybridized carbons (Fsp3) is 0.286. The highest BCUT2D eigenvalue weighted by atomic mass is 79.9. The Kier molecular flexibility index (Phi) is 1.69. The molecule has 0 saturated heterocycles. The van der Waals surface area contributed by atoms with Crippen molar-refractivity contribution in [2.75, 3.05) is 6.54 Å². The molecular formula is C7H7BrN2O2. The van der Waals surface area contributed by atoms with Crippen LogP contribution in [0.5, 0.6) is 0 Å². The van der Waals surface area contributed by atoms with Gasteiger partial charge in [0.1, 0.15) is 11.9 Å². The van der Waals surface area contributed by atoms with Crippen molar-refractivity contribution in [3.8, 4) is 0 Å². The van der Waals surface area contributed by atoms with Crippen LogP contribution in [0, 0.1) is 0 Å². The van der Waals surface area contributed by atoms with Crippen molar-refractivity contribution in [3.63, 3.8) is 0 Å². The monoisotopic (exact) mass is 230 g/mol. The summed E-state index contributed by atoms with van der Waals surface area (Å²) in [4.78, 5) is 11.2. The lowest BCUT2D eigenvalue weighted by Crippen LogP contribution is -2.38. The lowest BCUT2D eigenvalue weighted by atomic mass is 10.3. The number of hydrogen-bond acceptors (Lipinski definition) is 2. The number of aliphatic hydroxyl groups excluding tert-OH is 1. The highest BCUT2D eigenvalue weighted by Gasteiger charge is 2.22. The first-order valence-corrected chi connectivity index (χ1v) is 4.31. The first-order valence-electron chi connectivity index (χ1n) is 3.52. The summed E-state index contributed by atoms with van der Waals surface area (Å²) in [6, 6.07) is 1.68. The molecule has 12 heavy (non-hydrogen) atoms. The smallest absolute Gasteiger partial charge is 0.268 e. The number of amides is 1. The van der Waals surface area contributed by atoms with E-state index < -0.39 is 6.23 Å². The van der Waals surface area contributed by atoms with Gasteiger partial charge in [-0.05, 0) is 22.0 Å². The summed E-state index contributed by atoms with van der Waals surface area (Å²) in [5.74, 6) is -0.147. The van der Waals surface area contributed by atoms with Gasteiger partial charge in [-0.1, -0.05) is 0 Å². The summed E-state index contributed by atoms with van der Waals surface area (Å²) >= 11 is 3.24. The summed E-state index contributed by atoms with van der Waals surface area (Å²) < 4.78 is 2.34. The van der Waals surface area contributed by atoms with Gasteiger partial charge >= 0.3 is 0 Å². The molecule has 0 radical (unpaired) electrons. The van der Waals surface area contributed by atoms with E-state index in [0.717, 1.165) is 4.47 Å². The first-order chi connectivity index (χ1) is 5.68. The average Bonchev–Trinajstić information content (AvgIpc) is 2.41. The third kappa shape index (κ3) is 1.05. The van der Waals surface area contributed by atoms with Gasteiger partial charge in [-0.2, -0.15) is 0 Å². The first kappa shape index (κ1) is 7.82. The maximum absolute atomic E-state index is 11.2. The Balaban J connectivity index is 2.54. The van der Waals surface area contributed by atoms with Gasteiger partial charge in [0.25, 0.3) is 5.91 Å². The number of carbonyl (C=O) groups is 1. The topological polar surface area (TPSA) is 54.3 Å². The molecule has 1 aliphatic rings. The average molecular weight is 231 g/mol. The summed E-state index contributed by atoms with van der Waals surface area (Å²) in [6.07, 6.45) is 1.04. The number of nitrogens with zero attached hydrogens (tertiary/aromatic N) is 1. The Bertz CT molecular complexity index is 334. The molecule has 0 fully saturated rings. The van der Waals surface area contributed by atoms with Crippen molar-refractivity contribution in [1.82, 2.24) is 9.88 Å². The van der Waals surface area contributed by atoms with Gasteiger partial charge < -0.3 is 15.0 Å². The van der Waals surface area contributed by atoms with E-state index in [4.69, 9.17) is 0 Å². The van der Waals surface area contributed by atoms with E-state index in [1.54, 1.807) is 16.8 Å². The maximum Gasteiger partial charge on any atom is 0.268 e. The molecule has 0 spiro atoms. The third-order valence-corrected chi connectivity index (χ3v) is 2.25. The van der Waals surface area contributed by atoms with Crippen LogP contribution < -0.4 is 5.32 Å². The highest BCUT2D eigenvalue weighted by molar-refractivity contribution is 9.10. The zero-order chi connectivity index (χ0) is 8.72. The van der Waals surface area contributed by atoms with Crippen LogP contribution in [-0.4, -0.2) is 22.1 Å². The van der Waals surface area contributed by atoms with Crippen LogP contribution >= 0.6 is 15.9 Å². The Morgan fingerprint density at radius 1 is 1.75 bits per heavy atom. The third-order valence-electron chi connectivity index (χ3n) is 1.81. The number of halogens is 1. The lowest BCUT2D eigenvalue weighted by molar-refractivity contribution is 0.0664. The van der Waals surface area contributed by atoms with Gasteiger partial charge in [-0.15, -0.1) is 0 Å². The summed E-state index contributed by atoms with van der Waals surface area (Å²) in [5, 5.41) is 12.0. The number of β-amino-alcohol motifs (C(OH)–C–C–N with tert-alkyl or cyclic N) is 1. The molecule has 2 rings (SSSR count). The van der Waals surface area contributed by atoms with Gasteiger partial charge in [0.05, 0.1) is 6.54 Å². The van der Waals surface area contributed by atoms with Crippen LogP contribution in [0.3, 0.4) is 0 Å². The molecule has 1 amide bonds. The molecule has 2 heterocycles. The van der Waals surface area contributed by atoms with E-state index in [1.165, 1.54) is 0 Å². The minimum atomic E-state index is -0.649. The SMILES string of the molecule is O=C1NC[C@H](O)n2cc(Br)cc21. The van der Waals surface area contributed by atoms with E-state index in [-0.39, 0.29) is 12.5 Å². The zero-order valence-electron chi connectivity index (χ0n) is 6.12. The summed E-state index contributed by atoms with van der Waals surface area (Å²) in [6.45, 7) is 0.271. The molecule has 64 valence electrons. The Hall–Kier alpha value is -0.810. The fourth-order valence-electron chi connectivity index (χ4n) is 1.25. The van der Waals surface area contributed by atoms with E-state index >= 15 is 0 Å². The second kappa shape index (κ2) is 2.60. The Labute approximate surface area is 77.3 Å². The van der Waals surface area contributed by atoms with Crippen molar-refractivity contribution < 1.29 is 9.90 Å². The standard InChI is InChI=1S/C7H7BrN2O2/c8-4-1-5-7(12)9-2-6(11)10(5)3-4/h1,3,6,11H,2H2,(H,9,12)/t6-/m0/s1. The van der Waals surface area contributed by atoms with E-state index in [0.29, 0.717) is 5.69 Å². The molecule has 2 N–H and O–H groups in total. The van der Waals surface area contributed by atoms with Crippen molar-refractivity contribution in [2.45, 2.75) is 6.23 Å². The zero-order valence-corrected chi connectivity index (χ0v) is 7.71. The van der Waals surface area contributed by atoms with Gasteiger partial charge in [0.2, 0.25) is 0 Å². The molecule has 4 nitrogen and oxygen atoms in total. The highest BCUT2D eigenvalue weighted by Crippen LogP contribution is 2.20. The van der Waals surface area contributed by atoms with Crippen LogP contribution in [-0.2, 0) is 0 Å². The van der Waals surface area contributed by atoms with Crippen molar-refractivity contribution >= 4 is 21.8 Å². The minimum Gasteiger partial charge on any atom is -0.371 e. The normalized spacial score (nSPS) is 21.8. The van der Waals surface area contributed by atoms with E-state index in [2.05, 4.69) is 21.2 Å². The summed E-state index contributed by atoms with van der Waals surface area (Å²) in [5.41, 5.74) is 0.487. The molecule has 0 unspecified atom stereocenters. The Morgan fingerprint density at radius 3 is 3.17 bits per heavy atom. The molecule has 0 aromatic carbocycles. The van der Waals surface area contributed by atoms with Gasteiger partial charge in [-0.25, -0.2) is 0 Å². The number of rotatable bonds is 0. The largest absolute Gasteiger partial charge is 0.371 e. The van der Waals surface area contributed by atoms with Crippen LogP contribution in [0.2, 0.25) is 0 Å². The lowest BCUT2D eigenvalue weighted by Gasteiger charge is -2.21.